The summed E-state index contributed by atoms with van der Waals surface area (Å²) in [5.41, 5.74) is 1.01. The Labute approximate surface area is 97.8 Å². The molecule has 0 amide bonds. The highest BCUT2D eigenvalue weighted by Crippen LogP contribution is 2.33. The monoisotopic (exact) mass is 212 g/mol. The molecule has 0 heterocycles. The average Bonchev–Trinajstić information content (AvgIpc) is 1.99. The standard InChI is InChI=1S/C15H32/c1-8-13(15(5,6)7)11-9-10-12-14(2,3)4/h13H,8-12H2,1-7H3. The van der Waals surface area contributed by atoms with E-state index in [1.807, 2.05) is 0 Å². The minimum Gasteiger partial charge on any atom is -0.0651 e. The third-order valence-electron chi connectivity index (χ3n) is 3.45. The van der Waals surface area contributed by atoms with Gasteiger partial charge in [-0.25, -0.2) is 0 Å². The number of hydrogen-bond donors (Lipinski definition) is 0. The van der Waals surface area contributed by atoms with Crippen LogP contribution in [0.5, 0.6) is 0 Å². The van der Waals surface area contributed by atoms with E-state index in [0.29, 0.717) is 10.8 Å². The first kappa shape index (κ1) is 15.0. The number of hydrogen-bond acceptors (Lipinski definition) is 0. The van der Waals surface area contributed by atoms with Gasteiger partial charge in [0.1, 0.15) is 0 Å². The van der Waals surface area contributed by atoms with E-state index in [4.69, 9.17) is 0 Å². The van der Waals surface area contributed by atoms with E-state index in [1.54, 1.807) is 0 Å². The topological polar surface area (TPSA) is 0 Å². The van der Waals surface area contributed by atoms with E-state index in [-0.39, 0.29) is 0 Å². The van der Waals surface area contributed by atoms with E-state index in [9.17, 15) is 0 Å². The second-order valence-electron chi connectivity index (χ2n) is 7.28. The maximum atomic E-state index is 2.38. The van der Waals surface area contributed by atoms with Crippen molar-refractivity contribution in [1.29, 1.82) is 0 Å². The lowest BCUT2D eigenvalue weighted by atomic mass is 9.76. The first-order valence-corrected chi connectivity index (χ1v) is 6.67. The largest absolute Gasteiger partial charge is 0.0651 e. The van der Waals surface area contributed by atoms with Crippen molar-refractivity contribution in [3.8, 4) is 0 Å². The summed E-state index contributed by atoms with van der Waals surface area (Å²) in [6, 6.07) is 0. The highest BCUT2D eigenvalue weighted by Gasteiger charge is 2.22. The van der Waals surface area contributed by atoms with Crippen molar-refractivity contribution in [2.45, 2.75) is 80.6 Å². The van der Waals surface area contributed by atoms with Crippen molar-refractivity contribution >= 4 is 0 Å². The third-order valence-corrected chi connectivity index (χ3v) is 3.45. The molecule has 0 aromatic heterocycles. The smallest absolute Gasteiger partial charge is 0.0354 e. The van der Waals surface area contributed by atoms with Gasteiger partial charge < -0.3 is 0 Å². The van der Waals surface area contributed by atoms with E-state index in [0.717, 1.165) is 5.92 Å². The molecule has 0 heteroatoms. The van der Waals surface area contributed by atoms with Gasteiger partial charge in [0.05, 0.1) is 0 Å². The maximum Gasteiger partial charge on any atom is -0.0354 e. The number of unbranched alkanes of at least 4 members (excludes halogenated alkanes) is 1. The molecule has 0 N–H and O–H groups in total. The van der Waals surface area contributed by atoms with Crippen LogP contribution >= 0.6 is 0 Å². The zero-order chi connectivity index (χ0) is 12.1. The van der Waals surface area contributed by atoms with Gasteiger partial charge in [0.2, 0.25) is 0 Å². The van der Waals surface area contributed by atoms with E-state index in [1.165, 1.54) is 32.1 Å². The van der Waals surface area contributed by atoms with Crippen LogP contribution in [0.25, 0.3) is 0 Å². The van der Waals surface area contributed by atoms with E-state index < -0.39 is 0 Å². The molecule has 92 valence electrons. The van der Waals surface area contributed by atoms with Gasteiger partial charge in [0.25, 0.3) is 0 Å². The first-order chi connectivity index (χ1) is 6.67. The Morgan fingerprint density at radius 3 is 1.73 bits per heavy atom. The molecule has 0 aliphatic heterocycles. The molecule has 0 nitrogen and oxygen atoms in total. The molecule has 0 saturated carbocycles. The van der Waals surface area contributed by atoms with Gasteiger partial charge in [-0.05, 0) is 29.6 Å². The molecule has 0 aromatic rings. The lowest BCUT2D eigenvalue weighted by Crippen LogP contribution is -2.19. The van der Waals surface area contributed by atoms with Gasteiger partial charge in [0.15, 0.2) is 0 Å². The van der Waals surface area contributed by atoms with Crippen molar-refractivity contribution in [2.24, 2.45) is 16.7 Å². The minimum atomic E-state index is 0.497. The van der Waals surface area contributed by atoms with Crippen LogP contribution in [0.2, 0.25) is 0 Å². The van der Waals surface area contributed by atoms with E-state index in [2.05, 4.69) is 48.5 Å². The molecule has 0 rings (SSSR count). The fourth-order valence-corrected chi connectivity index (χ4v) is 2.30. The van der Waals surface area contributed by atoms with Gasteiger partial charge in [0, 0.05) is 0 Å². The molecule has 0 radical (unpaired) electrons. The normalized spacial score (nSPS) is 15.4. The quantitative estimate of drug-likeness (QED) is 0.515. The van der Waals surface area contributed by atoms with Crippen LogP contribution in [0.1, 0.15) is 80.6 Å². The fourth-order valence-electron chi connectivity index (χ4n) is 2.30. The van der Waals surface area contributed by atoms with Crippen LogP contribution in [0.4, 0.5) is 0 Å². The average molecular weight is 212 g/mol. The Bertz CT molecular complexity index is 154. The van der Waals surface area contributed by atoms with E-state index >= 15 is 0 Å². The second kappa shape index (κ2) is 5.92. The fraction of sp³-hybridized carbons (Fsp3) is 1.00. The predicted octanol–water partition coefficient (Wildman–Crippen LogP) is 5.67. The Hall–Kier alpha value is 0. The lowest BCUT2D eigenvalue weighted by molar-refractivity contribution is 0.210. The minimum absolute atomic E-state index is 0.497. The molecule has 0 aliphatic rings. The summed E-state index contributed by atoms with van der Waals surface area (Å²) in [5.74, 6) is 0.900. The van der Waals surface area contributed by atoms with Crippen molar-refractivity contribution in [1.82, 2.24) is 0 Å². The van der Waals surface area contributed by atoms with Gasteiger partial charge in [-0.2, -0.15) is 0 Å². The molecule has 0 aliphatic carbocycles. The summed E-state index contributed by atoms with van der Waals surface area (Å²) in [6.07, 6.45) is 6.92. The summed E-state index contributed by atoms with van der Waals surface area (Å²) >= 11 is 0. The van der Waals surface area contributed by atoms with Crippen molar-refractivity contribution in [3.05, 3.63) is 0 Å². The molecule has 0 saturated heterocycles. The highest BCUT2D eigenvalue weighted by atomic mass is 14.3. The van der Waals surface area contributed by atoms with Crippen molar-refractivity contribution < 1.29 is 0 Å². The van der Waals surface area contributed by atoms with Crippen LogP contribution in [0.15, 0.2) is 0 Å². The highest BCUT2D eigenvalue weighted by molar-refractivity contribution is 4.73. The van der Waals surface area contributed by atoms with Crippen LogP contribution in [-0.4, -0.2) is 0 Å². The summed E-state index contributed by atoms with van der Waals surface area (Å²) < 4.78 is 0. The van der Waals surface area contributed by atoms with Gasteiger partial charge in [-0.15, -0.1) is 0 Å². The molecule has 1 unspecified atom stereocenters. The Balaban J connectivity index is 3.75. The zero-order valence-electron chi connectivity index (χ0n) is 12.1. The molecule has 0 spiro atoms. The Morgan fingerprint density at radius 1 is 0.867 bits per heavy atom. The molecule has 1 atom stereocenters. The van der Waals surface area contributed by atoms with Gasteiger partial charge in [-0.1, -0.05) is 67.7 Å². The molecule has 15 heavy (non-hydrogen) atoms. The second-order valence-corrected chi connectivity index (χ2v) is 7.28. The van der Waals surface area contributed by atoms with Gasteiger partial charge in [-0.3, -0.25) is 0 Å². The van der Waals surface area contributed by atoms with Crippen LogP contribution in [0, 0.1) is 16.7 Å². The lowest BCUT2D eigenvalue weighted by Gasteiger charge is -2.30. The third kappa shape index (κ3) is 7.88. The maximum absolute atomic E-state index is 2.38. The van der Waals surface area contributed by atoms with Crippen molar-refractivity contribution in [3.63, 3.8) is 0 Å². The van der Waals surface area contributed by atoms with Crippen LogP contribution in [0.3, 0.4) is 0 Å². The Morgan fingerprint density at radius 2 is 1.40 bits per heavy atom. The van der Waals surface area contributed by atoms with Crippen molar-refractivity contribution in [2.75, 3.05) is 0 Å². The molecule has 0 bridgehead atoms. The number of rotatable bonds is 5. The SMILES string of the molecule is CCC(CCCCC(C)(C)C)C(C)(C)C. The van der Waals surface area contributed by atoms with Gasteiger partial charge >= 0.3 is 0 Å². The van der Waals surface area contributed by atoms with Crippen LogP contribution in [-0.2, 0) is 0 Å². The molecule has 0 aromatic carbocycles. The predicted molar refractivity (Wildman–Crippen MR) is 71.2 cm³/mol. The molecular weight excluding hydrogens is 180 g/mol. The molecule has 0 fully saturated rings. The summed E-state index contributed by atoms with van der Waals surface area (Å²) in [5, 5.41) is 0. The van der Waals surface area contributed by atoms with Crippen LogP contribution < -0.4 is 0 Å². The first-order valence-electron chi connectivity index (χ1n) is 6.67. The Kier molecular flexibility index (Phi) is 5.92. The summed E-state index contributed by atoms with van der Waals surface area (Å²) in [6.45, 7) is 16.5. The summed E-state index contributed by atoms with van der Waals surface area (Å²) in [4.78, 5) is 0. The zero-order valence-corrected chi connectivity index (χ0v) is 12.1. The molecular formula is C15H32. The summed E-state index contributed by atoms with van der Waals surface area (Å²) in [7, 11) is 0.